The van der Waals surface area contributed by atoms with Gasteiger partial charge in [0.25, 0.3) is 0 Å². The second-order valence-electron chi connectivity index (χ2n) is 3.44. The van der Waals surface area contributed by atoms with Crippen molar-refractivity contribution in [2.24, 2.45) is 0 Å². The molecule has 0 saturated carbocycles. The third kappa shape index (κ3) is 3.94. The Labute approximate surface area is 130 Å². The lowest BCUT2D eigenvalue weighted by atomic mass is 9.98. The lowest BCUT2D eigenvalue weighted by Crippen LogP contribution is -2.14. The lowest BCUT2D eigenvalue weighted by Gasteiger charge is -2.24. The fourth-order valence-corrected chi connectivity index (χ4v) is 2.50. The van der Waals surface area contributed by atoms with Crippen LogP contribution in [0.2, 0.25) is 0 Å². The molecule has 1 unspecified atom stereocenters. The molecular formula is C10H8Cl6O. The molecule has 0 radical (unpaired) electrons. The van der Waals surface area contributed by atoms with Crippen LogP contribution in [-0.4, -0.2) is 5.11 Å². The highest BCUT2D eigenvalue weighted by Crippen LogP contribution is 2.48. The summed E-state index contributed by atoms with van der Waals surface area (Å²) in [4.78, 5) is 0. The third-order valence-electron chi connectivity index (χ3n) is 2.13. The van der Waals surface area contributed by atoms with Gasteiger partial charge in [0.1, 0.15) is 0 Å². The number of aliphatic hydroxyl groups is 1. The van der Waals surface area contributed by atoms with E-state index in [-0.39, 0.29) is 0 Å². The fraction of sp³-hybridized carbons (Fsp3) is 0.400. The Morgan fingerprint density at radius 3 is 1.53 bits per heavy atom. The lowest BCUT2D eigenvalue weighted by molar-refractivity contribution is 0.197. The van der Waals surface area contributed by atoms with Crippen LogP contribution in [0.4, 0.5) is 0 Å². The Bertz CT molecular complexity index is 372. The van der Waals surface area contributed by atoms with Crippen LogP contribution in [-0.2, 0) is 7.59 Å². The standard InChI is InChI=1S/C10H8Cl6O/c1-5(17)8-6(9(11,12)13)3-2-4-7(8)10(14,15)16/h2-5,17H,1H3. The smallest absolute Gasteiger partial charge is 0.216 e. The summed E-state index contributed by atoms with van der Waals surface area (Å²) in [5, 5.41) is 9.76. The molecule has 0 saturated heterocycles. The summed E-state index contributed by atoms with van der Waals surface area (Å²) in [6.07, 6.45) is -0.924. The van der Waals surface area contributed by atoms with Crippen molar-refractivity contribution in [1.82, 2.24) is 0 Å². The third-order valence-corrected chi connectivity index (χ3v) is 3.36. The second kappa shape index (κ2) is 5.50. The van der Waals surface area contributed by atoms with E-state index in [2.05, 4.69) is 0 Å². The molecule has 0 aliphatic heterocycles. The van der Waals surface area contributed by atoms with Crippen molar-refractivity contribution in [2.75, 3.05) is 0 Å². The molecule has 1 aromatic rings. The zero-order valence-corrected chi connectivity index (χ0v) is 13.1. The summed E-state index contributed by atoms with van der Waals surface area (Å²) in [7, 11) is 0. The molecule has 1 rings (SSSR count). The molecule has 0 spiro atoms. The van der Waals surface area contributed by atoms with E-state index in [9.17, 15) is 5.11 Å². The van der Waals surface area contributed by atoms with Gasteiger partial charge in [-0.05, 0) is 12.5 Å². The van der Waals surface area contributed by atoms with Crippen molar-refractivity contribution in [1.29, 1.82) is 0 Å². The zero-order valence-electron chi connectivity index (χ0n) is 8.52. The summed E-state index contributed by atoms with van der Waals surface area (Å²) in [6.45, 7) is 1.51. The van der Waals surface area contributed by atoms with Crippen LogP contribution in [0.3, 0.4) is 0 Å². The van der Waals surface area contributed by atoms with Crippen molar-refractivity contribution < 1.29 is 5.11 Å². The van der Waals surface area contributed by atoms with Crippen molar-refractivity contribution in [3.8, 4) is 0 Å². The van der Waals surface area contributed by atoms with E-state index < -0.39 is 13.7 Å². The first kappa shape index (κ1) is 16.0. The van der Waals surface area contributed by atoms with E-state index >= 15 is 0 Å². The Balaban J connectivity index is 3.55. The van der Waals surface area contributed by atoms with E-state index in [1.165, 1.54) is 6.92 Å². The quantitative estimate of drug-likeness (QED) is 0.668. The number of rotatable bonds is 1. The Hall–Kier alpha value is 0.920. The minimum atomic E-state index is -1.70. The van der Waals surface area contributed by atoms with E-state index in [1.54, 1.807) is 18.2 Å². The van der Waals surface area contributed by atoms with Crippen LogP contribution in [0.15, 0.2) is 18.2 Å². The van der Waals surface area contributed by atoms with E-state index in [0.29, 0.717) is 16.7 Å². The zero-order chi connectivity index (χ0) is 13.4. The van der Waals surface area contributed by atoms with Gasteiger partial charge < -0.3 is 5.11 Å². The molecule has 96 valence electrons. The monoisotopic (exact) mass is 354 g/mol. The first-order chi connectivity index (χ1) is 7.55. The molecule has 1 N–H and O–H groups in total. The van der Waals surface area contributed by atoms with Crippen LogP contribution >= 0.6 is 69.6 Å². The first-order valence-corrected chi connectivity index (χ1v) is 6.77. The van der Waals surface area contributed by atoms with Crippen LogP contribution in [0.5, 0.6) is 0 Å². The van der Waals surface area contributed by atoms with Crippen LogP contribution in [0, 0.1) is 0 Å². The second-order valence-corrected chi connectivity index (χ2v) is 8.00. The molecule has 0 amide bonds. The van der Waals surface area contributed by atoms with Gasteiger partial charge >= 0.3 is 0 Å². The highest BCUT2D eigenvalue weighted by molar-refractivity contribution is 6.67. The number of halogens is 6. The summed E-state index contributed by atoms with van der Waals surface area (Å²) in [6, 6.07) is 4.73. The predicted molar refractivity (Wildman–Crippen MR) is 75.5 cm³/mol. The maximum atomic E-state index is 9.76. The van der Waals surface area contributed by atoms with Crippen LogP contribution in [0.25, 0.3) is 0 Å². The maximum absolute atomic E-state index is 9.76. The van der Waals surface area contributed by atoms with E-state index in [4.69, 9.17) is 69.6 Å². The van der Waals surface area contributed by atoms with Gasteiger partial charge in [-0.1, -0.05) is 87.8 Å². The molecule has 0 fully saturated rings. The topological polar surface area (TPSA) is 20.2 Å². The predicted octanol–water partition coefficient (Wildman–Crippen LogP) is 5.39. The molecule has 17 heavy (non-hydrogen) atoms. The number of benzene rings is 1. The average Bonchev–Trinajstić information content (AvgIpc) is 2.13. The Kier molecular flexibility index (Phi) is 5.17. The largest absolute Gasteiger partial charge is 0.389 e. The van der Waals surface area contributed by atoms with Gasteiger partial charge in [-0.15, -0.1) is 0 Å². The summed E-state index contributed by atoms with van der Waals surface area (Å²) < 4.78 is -3.39. The van der Waals surface area contributed by atoms with Gasteiger partial charge in [0.05, 0.1) is 6.10 Å². The van der Waals surface area contributed by atoms with Crippen molar-refractivity contribution >= 4 is 69.6 Å². The summed E-state index contributed by atoms with van der Waals surface area (Å²) >= 11 is 34.9. The molecular weight excluding hydrogens is 349 g/mol. The van der Waals surface area contributed by atoms with Crippen LogP contribution < -0.4 is 0 Å². The number of hydrogen-bond donors (Lipinski definition) is 1. The van der Waals surface area contributed by atoms with Crippen molar-refractivity contribution in [3.05, 3.63) is 34.9 Å². The number of alkyl halides is 6. The average molecular weight is 357 g/mol. The molecule has 0 aromatic heterocycles. The van der Waals surface area contributed by atoms with Gasteiger partial charge in [0.2, 0.25) is 7.59 Å². The van der Waals surface area contributed by atoms with Gasteiger partial charge in [-0.25, -0.2) is 0 Å². The van der Waals surface area contributed by atoms with Gasteiger partial charge in [0, 0.05) is 11.1 Å². The van der Waals surface area contributed by atoms with Crippen molar-refractivity contribution in [3.63, 3.8) is 0 Å². The summed E-state index contributed by atoms with van der Waals surface area (Å²) in [5.41, 5.74) is 0.898. The molecule has 1 atom stereocenters. The molecule has 0 bridgehead atoms. The minimum absolute atomic E-state index is 0.293. The van der Waals surface area contributed by atoms with Gasteiger partial charge in [-0.2, -0.15) is 0 Å². The SMILES string of the molecule is CC(O)c1c(C(Cl)(Cl)Cl)cccc1C(Cl)(Cl)Cl. The number of aliphatic hydroxyl groups excluding tert-OH is 1. The molecule has 0 aliphatic rings. The molecule has 7 heteroatoms. The highest BCUT2D eigenvalue weighted by Gasteiger charge is 2.34. The fourth-order valence-electron chi connectivity index (χ4n) is 1.51. The molecule has 1 aromatic carbocycles. The molecule has 0 aliphatic carbocycles. The number of hydrogen-bond acceptors (Lipinski definition) is 1. The van der Waals surface area contributed by atoms with E-state index in [1.807, 2.05) is 0 Å². The highest BCUT2D eigenvalue weighted by atomic mass is 35.6. The Morgan fingerprint density at radius 2 is 1.29 bits per heavy atom. The van der Waals surface area contributed by atoms with Gasteiger partial charge in [-0.3, -0.25) is 0 Å². The maximum Gasteiger partial charge on any atom is 0.216 e. The Morgan fingerprint density at radius 1 is 0.941 bits per heavy atom. The minimum Gasteiger partial charge on any atom is -0.389 e. The first-order valence-electron chi connectivity index (χ1n) is 4.50. The molecule has 1 nitrogen and oxygen atoms in total. The van der Waals surface area contributed by atoms with E-state index in [0.717, 1.165) is 0 Å². The van der Waals surface area contributed by atoms with Crippen LogP contribution in [0.1, 0.15) is 29.7 Å². The van der Waals surface area contributed by atoms with Gasteiger partial charge in [0.15, 0.2) is 0 Å². The molecule has 0 heterocycles. The normalized spacial score (nSPS) is 14.8. The summed E-state index contributed by atoms with van der Waals surface area (Å²) in [5.74, 6) is 0. The van der Waals surface area contributed by atoms with Crippen molar-refractivity contribution in [2.45, 2.75) is 20.6 Å².